The van der Waals surface area contributed by atoms with E-state index in [4.69, 9.17) is 5.11 Å². The number of carboxylic acid groups (broad SMARTS) is 1. The first-order valence-electron chi connectivity index (χ1n) is 6.26. The monoisotopic (exact) mass is 264 g/mol. The van der Waals surface area contributed by atoms with E-state index < -0.39 is 5.97 Å². The lowest BCUT2D eigenvalue weighted by Crippen LogP contribution is -2.39. The van der Waals surface area contributed by atoms with Crippen LogP contribution in [-0.4, -0.2) is 40.0 Å². The maximum atomic E-state index is 12.1. The first kappa shape index (κ1) is 13.3. The Morgan fingerprint density at radius 3 is 2.63 bits per heavy atom. The minimum atomic E-state index is -0.792. The average Bonchev–Trinajstić information content (AvgIpc) is 2.38. The second-order valence-electron chi connectivity index (χ2n) is 4.78. The summed E-state index contributed by atoms with van der Waals surface area (Å²) in [5.74, 6) is -0.819. The van der Waals surface area contributed by atoms with Gasteiger partial charge >= 0.3 is 5.97 Å². The zero-order valence-corrected chi connectivity index (χ0v) is 10.5. The number of aliphatic carboxylic acids is 1. The molecule has 1 aliphatic rings. The van der Waals surface area contributed by atoms with Crippen LogP contribution in [0.25, 0.3) is 0 Å². The molecule has 6 heteroatoms. The van der Waals surface area contributed by atoms with E-state index in [0.29, 0.717) is 31.5 Å². The van der Waals surface area contributed by atoms with Crippen molar-refractivity contribution in [2.24, 2.45) is 5.92 Å². The molecule has 2 heterocycles. The van der Waals surface area contributed by atoms with E-state index in [1.807, 2.05) is 0 Å². The number of nitrogens with zero attached hydrogens (tertiary/aromatic N) is 1. The lowest BCUT2D eigenvalue weighted by atomic mass is 9.93. The van der Waals surface area contributed by atoms with Gasteiger partial charge in [0.15, 0.2) is 0 Å². The molecule has 0 aromatic carbocycles. The largest absolute Gasteiger partial charge is 0.481 e. The number of carbonyl (C=O) groups excluding carboxylic acids is 1. The SMILES string of the molecule is O=C(O)CC1CCN(C(=O)c2cc[nH]c(=O)c2)CC1. The van der Waals surface area contributed by atoms with Crippen molar-refractivity contribution in [1.29, 1.82) is 0 Å². The Balaban J connectivity index is 1.96. The maximum Gasteiger partial charge on any atom is 0.303 e. The molecule has 0 atom stereocenters. The normalized spacial score (nSPS) is 16.3. The van der Waals surface area contributed by atoms with E-state index in [1.54, 1.807) is 11.0 Å². The van der Waals surface area contributed by atoms with Crippen LogP contribution < -0.4 is 5.56 Å². The number of hydrogen-bond acceptors (Lipinski definition) is 3. The van der Waals surface area contributed by atoms with E-state index in [9.17, 15) is 14.4 Å². The second-order valence-corrected chi connectivity index (χ2v) is 4.78. The molecule has 1 saturated heterocycles. The van der Waals surface area contributed by atoms with Crippen LogP contribution >= 0.6 is 0 Å². The van der Waals surface area contributed by atoms with Gasteiger partial charge in [-0.3, -0.25) is 14.4 Å². The molecule has 0 radical (unpaired) electrons. The summed E-state index contributed by atoms with van der Waals surface area (Å²) in [6, 6.07) is 2.86. The highest BCUT2D eigenvalue weighted by molar-refractivity contribution is 5.94. The summed E-state index contributed by atoms with van der Waals surface area (Å²) in [7, 11) is 0. The number of rotatable bonds is 3. The molecule has 0 unspecified atom stereocenters. The van der Waals surface area contributed by atoms with E-state index in [2.05, 4.69) is 4.98 Å². The van der Waals surface area contributed by atoms with Gasteiger partial charge in [0.1, 0.15) is 0 Å². The molecule has 0 bridgehead atoms. The third kappa shape index (κ3) is 3.43. The van der Waals surface area contributed by atoms with Gasteiger partial charge < -0.3 is 15.0 Å². The molecule has 0 spiro atoms. The number of carboxylic acids is 1. The number of likely N-dealkylation sites (tertiary alicyclic amines) is 1. The van der Waals surface area contributed by atoms with Gasteiger partial charge in [-0.05, 0) is 24.8 Å². The highest BCUT2D eigenvalue weighted by Gasteiger charge is 2.24. The van der Waals surface area contributed by atoms with Gasteiger partial charge in [0.25, 0.3) is 5.91 Å². The summed E-state index contributed by atoms with van der Waals surface area (Å²) >= 11 is 0. The average molecular weight is 264 g/mol. The molecular weight excluding hydrogens is 248 g/mol. The molecule has 1 fully saturated rings. The number of hydrogen-bond donors (Lipinski definition) is 2. The molecule has 1 aliphatic heterocycles. The number of piperidine rings is 1. The highest BCUT2D eigenvalue weighted by atomic mass is 16.4. The fraction of sp³-hybridized carbons (Fsp3) is 0.462. The fourth-order valence-electron chi connectivity index (χ4n) is 2.35. The van der Waals surface area contributed by atoms with Crippen molar-refractivity contribution in [3.05, 3.63) is 34.2 Å². The van der Waals surface area contributed by atoms with Gasteiger partial charge in [-0.1, -0.05) is 0 Å². The minimum absolute atomic E-state index is 0.140. The summed E-state index contributed by atoms with van der Waals surface area (Å²) in [6.45, 7) is 1.09. The lowest BCUT2D eigenvalue weighted by Gasteiger charge is -2.31. The Labute approximate surface area is 110 Å². The van der Waals surface area contributed by atoms with Gasteiger partial charge in [0.2, 0.25) is 5.56 Å². The molecule has 1 aromatic rings. The van der Waals surface area contributed by atoms with Crippen molar-refractivity contribution < 1.29 is 14.7 Å². The molecule has 2 N–H and O–H groups in total. The Hall–Kier alpha value is -2.11. The Morgan fingerprint density at radius 1 is 1.37 bits per heavy atom. The van der Waals surface area contributed by atoms with Crippen molar-refractivity contribution >= 4 is 11.9 Å². The Kier molecular flexibility index (Phi) is 3.99. The molecular formula is C13H16N2O4. The Morgan fingerprint density at radius 2 is 2.05 bits per heavy atom. The van der Waals surface area contributed by atoms with Crippen LogP contribution in [-0.2, 0) is 4.79 Å². The zero-order chi connectivity index (χ0) is 13.8. The predicted molar refractivity (Wildman–Crippen MR) is 67.9 cm³/mol. The molecule has 102 valence electrons. The number of amides is 1. The molecule has 0 saturated carbocycles. The van der Waals surface area contributed by atoms with Crippen LogP contribution in [0.3, 0.4) is 0 Å². The number of aromatic amines is 1. The van der Waals surface area contributed by atoms with Crippen LogP contribution in [0, 0.1) is 5.92 Å². The highest BCUT2D eigenvalue weighted by Crippen LogP contribution is 2.21. The smallest absolute Gasteiger partial charge is 0.303 e. The van der Waals surface area contributed by atoms with Crippen LogP contribution in [0.1, 0.15) is 29.6 Å². The van der Waals surface area contributed by atoms with Crippen LogP contribution in [0.2, 0.25) is 0 Å². The Bertz CT molecular complexity index is 529. The number of H-pyrrole nitrogens is 1. The van der Waals surface area contributed by atoms with Crippen molar-refractivity contribution in [3.8, 4) is 0 Å². The number of carbonyl (C=O) groups is 2. The van der Waals surface area contributed by atoms with Crippen molar-refractivity contribution in [1.82, 2.24) is 9.88 Å². The van der Waals surface area contributed by atoms with E-state index in [0.717, 1.165) is 0 Å². The molecule has 0 aliphatic carbocycles. The molecule has 1 aromatic heterocycles. The maximum absolute atomic E-state index is 12.1. The number of pyridine rings is 1. The summed E-state index contributed by atoms with van der Waals surface area (Å²) in [5.41, 5.74) is 0.0760. The minimum Gasteiger partial charge on any atom is -0.481 e. The van der Waals surface area contributed by atoms with Crippen LogP contribution in [0.5, 0.6) is 0 Å². The predicted octanol–water partition coefficient (Wildman–Crippen LogP) is 0.702. The second kappa shape index (κ2) is 5.69. The third-order valence-electron chi connectivity index (χ3n) is 3.39. The van der Waals surface area contributed by atoms with Gasteiger partial charge in [-0.25, -0.2) is 0 Å². The molecule has 2 rings (SSSR count). The van der Waals surface area contributed by atoms with Gasteiger partial charge in [0, 0.05) is 37.3 Å². The first-order chi connectivity index (χ1) is 9.06. The number of aromatic nitrogens is 1. The van der Waals surface area contributed by atoms with Crippen molar-refractivity contribution in [2.45, 2.75) is 19.3 Å². The van der Waals surface area contributed by atoms with Crippen LogP contribution in [0.15, 0.2) is 23.1 Å². The topological polar surface area (TPSA) is 90.5 Å². The van der Waals surface area contributed by atoms with E-state index in [1.165, 1.54) is 12.3 Å². The summed E-state index contributed by atoms with van der Waals surface area (Å²) in [4.78, 5) is 38.1. The van der Waals surface area contributed by atoms with E-state index in [-0.39, 0.29) is 23.8 Å². The number of nitrogens with one attached hydrogen (secondary N) is 1. The van der Waals surface area contributed by atoms with Crippen LogP contribution in [0.4, 0.5) is 0 Å². The first-order valence-corrected chi connectivity index (χ1v) is 6.26. The van der Waals surface area contributed by atoms with Gasteiger partial charge in [-0.15, -0.1) is 0 Å². The summed E-state index contributed by atoms with van der Waals surface area (Å²) < 4.78 is 0. The molecule has 19 heavy (non-hydrogen) atoms. The van der Waals surface area contributed by atoms with Gasteiger partial charge in [-0.2, -0.15) is 0 Å². The van der Waals surface area contributed by atoms with E-state index >= 15 is 0 Å². The fourth-order valence-corrected chi connectivity index (χ4v) is 2.35. The lowest BCUT2D eigenvalue weighted by molar-refractivity contribution is -0.138. The standard InChI is InChI=1S/C13H16N2O4/c16-11-8-10(1-4-14-11)13(19)15-5-2-9(3-6-15)7-12(17)18/h1,4,8-9H,2-3,5-7H2,(H,14,16)(H,17,18). The third-order valence-corrected chi connectivity index (χ3v) is 3.39. The molecule has 1 amide bonds. The summed E-state index contributed by atoms with van der Waals surface area (Å²) in [6.07, 6.45) is 3.00. The summed E-state index contributed by atoms with van der Waals surface area (Å²) in [5, 5.41) is 8.73. The zero-order valence-electron chi connectivity index (χ0n) is 10.5. The van der Waals surface area contributed by atoms with Gasteiger partial charge in [0.05, 0.1) is 0 Å². The quantitative estimate of drug-likeness (QED) is 0.840. The molecule has 6 nitrogen and oxygen atoms in total. The van der Waals surface area contributed by atoms with Crippen molar-refractivity contribution in [3.63, 3.8) is 0 Å². The van der Waals surface area contributed by atoms with Crippen molar-refractivity contribution in [2.75, 3.05) is 13.1 Å².